The number of carbonyl (C=O) groups excluding carboxylic acids is 2. The predicted molar refractivity (Wildman–Crippen MR) is 121 cm³/mol. The molecule has 8 heteroatoms. The molecule has 2 heterocycles. The van der Waals surface area contributed by atoms with E-state index in [1.807, 2.05) is 13.8 Å². The third-order valence-corrected chi connectivity index (χ3v) is 6.52. The van der Waals surface area contributed by atoms with Crippen LogP contribution in [0, 0.1) is 13.8 Å². The lowest BCUT2D eigenvalue weighted by molar-refractivity contribution is -0.132. The van der Waals surface area contributed by atoms with E-state index in [4.69, 9.17) is 16.3 Å². The minimum atomic E-state index is -0.851. The first-order valence-electron chi connectivity index (χ1n) is 9.46. The normalized spacial score (nSPS) is 17.9. The number of aromatic nitrogens is 1. The van der Waals surface area contributed by atoms with Gasteiger partial charge in [-0.05, 0) is 55.8 Å². The lowest BCUT2D eigenvalue weighted by Gasteiger charge is -2.23. The van der Waals surface area contributed by atoms with Crippen LogP contribution < -0.4 is 9.64 Å². The Morgan fingerprint density at radius 1 is 1.16 bits per heavy atom. The maximum atomic E-state index is 13.1. The molecule has 1 amide bonds. The molecule has 0 radical (unpaired) electrons. The summed E-state index contributed by atoms with van der Waals surface area (Å²) in [5, 5.41) is 12.0. The molecular weight excluding hydrogens is 436 g/mol. The highest BCUT2D eigenvalue weighted by molar-refractivity contribution is 7.16. The van der Waals surface area contributed by atoms with Crippen LogP contribution in [-0.2, 0) is 9.59 Å². The van der Waals surface area contributed by atoms with E-state index in [0.29, 0.717) is 27.0 Å². The number of hydrogen-bond donors (Lipinski definition) is 1. The van der Waals surface area contributed by atoms with E-state index in [-0.39, 0.29) is 11.3 Å². The quantitative estimate of drug-likeness (QED) is 0.339. The standard InChI is InChI=1S/C23H19ClN2O4S/c1-12-13(2)31-23(25-12)26-19(15-5-4-6-17(11-15)30-3)18(21(28)22(26)29)20(27)14-7-9-16(24)10-8-14/h4-11,19,27H,1-3H3/b20-18+/t19-/m0/s1. The summed E-state index contributed by atoms with van der Waals surface area (Å²) >= 11 is 7.28. The Kier molecular flexibility index (Phi) is 5.56. The average Bonchev–Trinajstić information content (AvgIpc) is 3.23. The molecule has 1 aromatic heterocycles. The van der Waals surface area contributed by atoms with E-state index in [1.165, 1.54) is 23.3 Å². The number of aliphatic hydroxyl groups excluding tert-OH is 1. The maximum absolute atomic E-state index is 13.1. The topological polar surface area (TPSA) is 79.7 Å². The first-order valence-corrected chi connectivity index (χ1v) is 10.7. The van der Waals surface area contributed by atoms with Crippen LogP contribution in [0.1, 0.15) is 27.7 Å². The molecule has 6 nitrogen and oxygen atoms in total. The summed E-state index contributed by atoms with van der Waals surface area (Å²) in [5.74, 6) is -1.21. The fourth-order valence-corrected chi connectivity index (χ4v) is 4.54. The van der Waals surface area contributed by atoms with Crippen molar-refractivity contribution in [1.82, 2.24) is 4.98 Å². The van der Waals surface area contributed by atoms with Crippen molar-refractivity contribution in [2.75, 3.05) is 12.0 Å². The zero-order valence-corrected chi connectivity index (χ0v) is 18.6. The number of nitrogens with zero attached hydrogens (tertiary/aromatic N) is 2. The first-order chi connectivity index (χ1) is 14.8. The predicted octanol–water partition coefficient (Wildman–Crippen LogP) is 5.05. The van der Waals surface area contributed by atoms with Gasteiger partial charge >= 0.3 is 5.91 Å². The molecule has 0 aliphatic carbocycles. The van der Waals surface area contributed by atoms with Crippen LogP contribution in [0.2, 0.25) is 5.02 Å². The number of anilines is 1. The number of aliphatic hydroxyl groups is 1. The average molecular weight is 455 g/mol. The van der Waals surface area contributed by atoms with E-state index >= 15 is 0 Å². The third kappa shape index (κ3) is 3.71. The Labute approximate surface area is 188 Å². The van der Waals surface area contributed by atoms with Gasteiger partial charge in [-0.15, -0.1) is 11.3 Å². The van der Waals surface area contributed by atoms with Gasteiger partial charge < -0.3 is 9.84 Å². The molecule has 1 aliphatic heterocycles. The summed E-state index contributed by atoms with van der Waals surface area (Å²) < 4.78 is 5.33. The van der Waals surface area contributed by atoms with Gasteiger partial charge in [-0.3, -0.25) is 14.5 Å². The van der Waals surface area contributed by atoms with Crippen molar-refractivity contribution in [2.24, 2.45) is 0 Å². The highest BCUT2D eigenvalue weighted by Gasteiger charge is 2.48. The van der Waals surface area contributed by atoms with Crippen molar-refractivity contribution in [3.05, 3.63) is 80.8 Å². The Bertz CT molecular complexity index is 1200. The number of thiazole rings is 1. The van der Waals surface area contributed by atoms with Gasteiger partial charge in [-0.1, -0.05) is 23.7 Å². The molecule has 31 heavy (non-hydrogen) atoms. The third-order valence-electron chi connectivity index (χ3n) is 5.19. The molecule has 3 aromatic rings. The number of amides is 1. The van der Waals surface area contributed by atoms with E-state index in [9.17, 15) is 14.7 Å². The summed E-state index contributed by atoms with van der Waals surface area (Å²) in [6.45, 7) is 3.75. The highest BCUT2D eigenvalue weighted by Crippen LogP contribution is 2.44. The van der Waals surface area contributed by atoms with E-state index in [1.54, 1.807) is 48.5 Å². The second-order valence-corrected chi connectivity index (χ2v) is 8.71. The van der Waals surface area contributed by atoms with Gasteiger partial charge in [0.1, 0.15) is 11.5 Å². The van der Waals surface area contributed by atoms with Crippen molar-refractivity contribution in [2.45, 2.75) is 19.9 Å². The van der Waals surface area contributed by atoms with E-state index in [0.717, 1.165) is 10.6 Å². The van der Waals surface area contributed by atoms with Crippen LogP contribution in [0.4, 0.5) is 5.13 Å². The highest BCUT2D eigenvalue weighted by atomic mass is 35.5. The minimum absolute atomic E-state index is 0.00826. The number of ketones is 1. The molecule has 1 atom stereocenters. The zero-order chi connectivity index (χ0) is 22.3. The summed E-state index contributed by atoms with van der Waals surface area (Å²) in [6, 6.07) is 12.6. The molecular formula is C23H19ClN2O4S. The van der Waals surface area contributed by atoms with Gasteiger partial charge in [-0.2, -0.15) is 0 Å². The maximum Gasteiger partial charge on any atom is 0.301 e. The van der Waals surface area contributed by atoms with Crippen LogP contribution in [0.25, 0.3) is 5.76 Å². The summed E-state index contributed by atoms with van der Waals surface area (Å²) in [7, 11) is 1.54. The Morgan fingerprint density at radius 3 is 2.48 bits per heavy atom. The van der Waals surface area contributed by atoms with Gasteiger partial charge in [0.25, 0.3) is 5.78 Å². The Balaban J connectivity index is 1.96. The van der Waals surface area contributed by atoms with Crippen LogP contribution in [-0.4, -0.2) is 28.9 Å². The van der Waals surface area contributed by atoms with E-state index < -0.39 is 17.7 Å². The molecule has 1 N–H and O–H groups in total. The fourth-order valence-electron chi connectivity index (χ4n) is 3.48. The van der Waals surface area contributed by atoms with Gasteiger partial charge in [0.05, 0.1) is 24.4 Å². The van der Waals surface area contributed by atoms with Crippen molar-refractivity contribution in [1.29, 1.82) is 0 Å². The summed E-state index contributed by atoms with van der Waals surface area (Å²) in [5.41, 5.74) is 1.79. The molecule has 1 aliphatic rings. The van der Waals surface area contributed by atoms with Crippen molar-refractivity contribution in [3.63, 3.8) is 0 Å². The van der Waals surface area contributed by atoms with Crippen LogP contribution in [0.3, 0.4) is 0 Å². The van der Waals surface area contributed by atoms with Crippen LogP contribution >= 0.6 is 22.9 Å². The van der Waals surface area contributed by atoms with Crippen LogP contribution in [0.15, 0.2) is 54.1 Å². The number of rotatable bonds is 4. The van der Waals surface area contributed by atoms with Gasteiger partial charge in [-0.25, -0.2) is 4.98 Å². The SMILES string of the molecule is COc1cccc([C@H]2/C(=C(\O)c3ccc(Cl)cc3)C(=O)C(=O)N2c2nc(C)c(C)s2)c1. The monoisotopic (exact) mass is 454 g/mol. The fraction of sp³-hybridized carbons (Fsp3) is 0.174. The number of ether oxygens (including phenoxy) is 1. The minimum Gasteiger partial charge on any atom is -0.507 e. The lowest BCUT2D eigenvalue weighted by atomic mass is 9.95. The van der Waals surface area contributed by atoms with Crippen molar-refractivity contribution >= 4 is 45.5 Å². The second-order valence-electron chi connectivity index (χ2n) is 7.09. The molecule has 0 spiro atoms. The second kappa shape index (κ2) is 8.17. The summed E-state index contributed by atoms with van der Waals surface area (Å²) in [4.78, 5) is 33.0. The number of halogens is 1. The molecule has 1 fully saturated rings. The van der Waals surface area contributed by atoms with Gasteiger partial charge in [0, 0.05) is 15.5 Å². The largest absolute Gasteiger partial charge is 0.507 e. The zero-order valence-electron chi connectivity index (χ0n) is 17.0. The number of methoxy groups -OCH3 is 1. The number of hydrogen-bond acceptors (Lipinski definition) is 6. The number of carbonyl (C=O) groups is 2. The lowest BCUT2D eigenvalue weighted by Crippen LogP contribution is -2.29. The summed E-state index contributed by atoms with van der Waals surface area (Å²) in [6.07, 6.45) is 0. The molecule has 4 rings (SSSR count). The Morgan fingerprint density at radius 2 is 1.87 bits per heavy atom. The molecule has 158 valence electrons. The molecule has 1 saturated heterocycles. The van der Waals surface area contributed by atoms with Crippen molar-refractivity contribution < 1.29 is 19.4 Å². The first kappa shape index (κ1) is 21.1. The van der Waals surface area contributed by atoms with E-state index in [2.05, 4.69) is 4.98 Å². The molecule has 0 saturated carbocycles. The van der Waals surface area contributed by atoms with Crippen molar-refractivity contribution in [3.8, 4) is 5.75 Å². The van der Waals surface area contributed by atoms with Gasteiger partial charge in [0.2, 0.25) is 0 Å². The number of benzene rings is 2. The molecule has 0 unspecified atom stereocenters. The number of Topliss-reactive ketones (excluding diaryl/α,β-unsaturated/α-hetero) is 1. The molecule has 2 aromatic carbocycles. The Hall–Kier alpha value is -3.16. The van der Waals surface area contributed by atoms with Crippen LogP contribution in [0.5, 0.6) is 5.75 Å². The number of aryl methyl sites for hydroxylation is 2. The smallest absolute Gasteiger partial charge is 0.301 e. The molecule has 0 bridgehead atoms. The van der Waals surface area contributed by atoms with Gasteiger partial charge in [0.15, 0.2) is 5.13 Å².